The van der Waals surface area contributed by atoms with Gasteiger partial charge in [0.15, 0.2) is 0 Å². The highest BCUT2D eigenvalue weighted by atomic mass is 32.2. The van der Waals surface area contributed by atoms with Crippen LogP contribution in [-0.4, -0.2) is 31.8 Å². The van der Waals surface area contributed by atoms with Crippen LogP contribution < -0.4 is 5.32 Å². The molecule has 0 spiro atoms. The molecule has 2 N–H and O–H groups in total. The molecule has 3 aromatic rings. The van der Waals surface area contributed by atoms with Gasteiger partial charge in [-0.25, -0.2) is 4.98 Å². The number of carbonyl (C=O) groups excluding carboxylic acids is 1. The van der Waals surface area contributed by atoms with Crippen LogP contribution >= 0.6 is 11.8 Å². The van der Waals surface area contributed by atoms with Crippen LogP contribution in [0, 0.1) is 0 Å². The van der Waals surface area contributed by atoms with Gasteiger partial charge in [0.05, 0.1) is 5.75 Å². The van der Waals surface area contributed by atoms with Crippen LogP contribution in [0.25, 0.3) is 12.2 Å². The Kier molecular flexibility index (Phi) is 5.36. The number of anilines is 1. The molecule has 0 aliphatic carbocycles. The molecule has 0 saturated carbocycles. The minimum atomic E-state index is -0.114. The van der Waals surface area contributed by atoms with E-state index in [0.29, 0.717) is 11.0 Å². The zero-order chi connectivity index (χ0) is 16.6. The molecule has 3 rings (SSSR count). The second-order valence-corrected chi connectivity index (χ2v) is 5.76. The van der Waals surface area contributed by atoms with E-state index in [2.05, 4.69) is 25.5 Å². The average molecular weight is 337 g/mol. The molecule has 0 unspecified atom stereocenters. The van der Waals surface area contributed by atoms with Gasteiger partial charge in [-0.15, -0.1) is 5.10 Å². The first-order valence-electron chi connectivity index (χ1n) is 7.28. The molecule has 0 aliphatic rings. The maximum absolute atomic E-state index is 11.9. The smallest absolute Gasteiger partial charge is 0.234 e. The van der Waals surface area contributed by atoms with Crippen molar-refractivity contribution in [2.45, 2.75) is 5.16 Å². The zero-order valence-corrected chi connectivity index (χ0v) is 13.5. The van der Waals surface area contributed by atoms with Crippen LogP contribution in [0.3, 0.4) is 0 Å². The number of nitrogens with one attached hydrogen (secondary N) is 2. The summed E-state index contributed by atoms with van der Waals surface area (Å²) in [6.45, 7) is 0. The third kappa shape index (κ3) is 4.79. The summed E-state index contributed by atoms with van der Waals surface area (Å²) in [5.74, 6) is 0.774. The Morgan fingerprint density at radius 2 is 1.92 bits per heavy atom. The van der Waals surface area contributed by atoms with Gasteiger partial charge in [0.25, 0.3) is 0 Å². The highest BCUT2D eigenvalue weighted by Crippen LogP contribution is 2.14. The van der Waals surface area contributed by atoms with Gasteiger partial charge in [-0.2, -0.15) is 0 Å². The number of aromatic nitrogens is 4. The molecule has 1 amide bonds. The first-order chi connectivity index (χ1) is 11.8. The van der Waals surface area contributed by atoms with Gasteiger partial charge in [0, 0.05) is 18.1 Å². The standard InChI is InChI=1S/C17H15N5OS/c23-16(19-14-8-10-18-11-9-14)12-24-17-20-15(21-22-17)7-6-13-4-2-1-3-5-13/h1-11H,12H2,(H,18,19,23)(H,20,21,22). The number of hydrogen-bond acceptors (Lipinski definition) is 5. The van der Waals surface area contributed by atoms with Crippen LogP contribution in [0.15, 0.2) is 60.0 Å². The SMILES string of the molecule is O=C(CSc1n[nH]c(C=Cc2ccccc2)n1)Nc1ccncc1. The molecule has 0 saturated heterocycles. The maximum Gasteiger partial charge on any atom is 0.234 e. The molecular formula is C17H15N5OS. The van der Waals surface area contributed by atoms with E-state index in [1.165, 1.54) is 11.8 Å². The van der Waals surface area contributed by atoms with Crippen molar-refractivity contribution >= 4 is 35.5 Å². The second kappa shape index (κ2) is 8.07. The second-order valence-electron chi connectivity index (χ2n) is 4.82. The largest absolute Gasteiger partial charge is 0.325 e. The molecule has 0 bridgehead atoms. The van der Waals surface area contributed by atoms with E-state index in [4.69, 9.17) is 0 Å². The molecule has 120 valence electrons. The van der Waals surface area contributed by atoms with Gasteiger partial charge < -0.3 is 5.32 Å². The van der Waals surface area contributed by atoms with E-state index in [1.54, 1.807) is 24.5 Å². The Morgan fingerprint density at radius 1 is 1.12 bits per heavy atom. The summed E-state index contributed by atoms with van der Waals surface area (Å²) < 4.78 is 0. The van der Waals surface area contributed by atoms with Crippen molar-refractivity contribution < 1.29 is 4.79 Å². The first-order valence-corrected chi connectivity index (χ1v) is 8.26. The minimum absolute atomic E-state index is 0.114. The van der Waals surface area contributed by atoms with Crippen molar-refractivity contribution in [3.63, 3.8) is 0 Å². The molecule has 6 nitrogen and oxygen atoms in total. The number of hydrogen-bond donors (Lipinski definition) is 2. The van der Waals surface area contributed by atoms with Crippen molar-refractivity contribution in [3.8, 4) is 0 Å². The lowest BCUT2D eigenvalue weighted by Gasteiger charge is -2.02. The Bertz CT molecular complexity index is 817. The average Bonchev–Trinajstić information content (AvgIpc) is 3.08. The minimum Gasteiger partial charge on any atom is -0.325 e. The summed E-state index contributed by atoms with van der Waals surface area (Å²) in [7, 11) is 0. The number of benzene rings is 1. The normalized spacial score (nSPS) is 10.8. The summed E-state index contributed by atoms with van der Waals surface area (Å²) in [4.78, 5) is 20.1. The van der Waals surface area contributed by atoms with Crippen molar-refractivity contribution in [3.05, 3.63) is 66.2 Å². The Labute approximate surface area is 143 Å². The van der Waals surface area contributed by atoms with Gasteiger partial charge in [-0.1, -0.05) is 48.2 Å². The van der Waals surface area contributed by atoms with E-state index >= 15 is 0 Å². The number of carbonyl (C=O) groups is 1. The van der Waals surface area contributed by atoms with Gasteiger partial charge in [-0.05, 0) is 23.8 Å². The van der Waals surface area contributed by atoms with Gasteiger partial charge in [-0.3, -0.25) is 14.9 Å². The summed E-state index contributed by atoms with van der Waals surface area (Å²) in [6, 6.07) is 13.4. The van der Waals surface area contributed by atoms with Crippen LogP contribution in [0.2, 0.25) is 0 Å². The van der Waals surface area contributed by atoms with E-state index in [1.807, 2.05) is 42.5 Å². The predicted octanol–water partition coefficient (Wildman–Crippen LogP) is 3.10. The number of H-pyrrole nitrogens is 1. The number of thioether (sulfide) groups is 1. The fourth-order valence-electron chi connectivity index (χ4n) is 1.90. The van der Waals surface area contributed by atoms with E-state index in [0.717, 1.165) is 11.3 Å². The van der Waals surface area contributed by atoms with Crippen molar-refractivity contribution in [1.82, 2.24) is 20.2 Å². The molecule has 0 aliphatic heterocycles. The number of aromatic amines is 1. The number of rotatable bonds is 6. The highest BCUT2D eigenvalue weighted by molar-refractivity contribution is 7.99. The lowest BCUT2D eigenvalue weighted by molar-refractivity contribution is -0.113. The number of amides is 1. The highest BCUT2D eigenvalue weighted by Gasteiger charge is 2.07. The molecule has 7 heteroatoms. The lowest BCUT2D eigenvalue weighted by Crippen LogP contribution is -2.14. The number of nitrogens with zero attached hydrogens (tertiary/aromatic N) is 3. The molecule has 2 heterocycles. The first kappa shape index (κ1) is 15.9. The summed E-state index contributed by atoms with van der Waals surface area (Å²) in [6.07, 6.45) is 7.06. The Balaban J connectivity index is 1.51. The van der Waals surface area contributed by atoms with Crippen LogP contribution in [-0.2, 0) is 4.79 Å². The summed E-state index contributed by atoms with van der Waals surface area (Å²) >= 11 is 1.28. The fraction of sp³-hybridized carbons (Fsp3) is 0.0588. The number of pyridine rings is 1. The van der Waals surface area contributed by atoms with Gasteiger partial charge in [0.2, 0.25) is 11.1 Å². The van der Waals surface area contributed by atoms with Gasteiger partial charge >= 0.3 is 0 Å². The molecule has 0 atom stereocenters. The van der Waals surface area contributed by atoms with E-state index < -0.39 is 0 Å². The van der Waals surface area contributed by atoms with Crippen molar-refractivity contribution in [2.24, 2.45) is 0 Å². The quantitative estimate of drug-likeness (QED) is 0.675. The topological polar surface area (TPSA) is 83.6 Å². The fourth-order valence-corrected chi connectivity index (χ4v) is 2.50. The van der Waals surface area contributed by atoms with Crippen molar-refractivity contribution in [1.29, 1.82) is 0 Å². The molecule has 1 aromatic carbocycles. The Morgan fingerprint density at radius 3 is 2.71 bits per heavy atom. The third-order valence-corrected chi connectivity index (χ3v) is 3.86. The summed E-state index contributed by atoms with van der Waals surface area (Å²) in [5, 5.41) is 10.3. The molecule has 0 radical (unpaired) electrons. The van der Waals surface area contributed by atoms with Crippen LogP contribution in [0.1, 0.15) is 11.4 Å². The van der Waals surface area contributed by atoms with Crippen LogP contribution in [0.4, 0.5) is 5.69 Å². The van der Waals surface area contributed by atoms with E-state index in [-0.39, 0.29) is 11.7 Å². The van der Waals surface area contributed by atoms with E-state index in [9.17, 15) is 4.79 Å². The third-order valence-electron chi connectivity index (χ3n) is 3.01. The maximum atomic E-state index is 11.9. The van der Waals surface area contributed by atoms with Gasteiger partial charge in [0.1, 0.15) is 5.82 Å². The molecule has 24 heavy (non-hydrogen) atoms. The molecule has 2 aromatic heterocycles. The van der Waals surface area contributed by atoms with Crippen LogP contribution in [0.5, 0.6) is 0 Å². The zero-order valence-electron chi connectivity index (χ0n) is 12.7. The summed E-state index contributed by atoms with van der Waals surface area (Å²) in [5.41, 5.74) is 1.80. The molecular weight excluding hydrogens is 322 g/mol. The van der Waals surface area contributed by atoms with Crippen molar-refractivity contribution in [2.75, 3.05) is 11.1 Å². The predicted molar refractivity (Wildman–Crippen MR) is 95.3 cm³/mol. The lowest BCUT2D eigenvalue weighted by atomic mass is 10.2. The molecule has 0 fully saturated rings. The monoisotopic (exact) mass is 337 g/mol. The Hall–Kier alpha value is -2.93.